The Labute approximate surface area is 172 Å². The zero-order valence-corrected chi connectivity index (χ0v) is 17.7. The second-order valence-electron chi connectivity index (χ2n) is 10.0. The normalized spacial score (nSPS) is 34.2. The standard InChI is InChI=1S/C23H32N2O2S/c1-15(23-11-16-8-17(12-23)10-18(9-16)13-23)24-21(26)2-3-22(27)25-6-4-20-19(14-25)5-7-28-20/h5,7,15-18H,2-4,6,8-14H2,1H3,(H,24,26). The third-order valence-corrected chi connectivity index (χ3v) is 9.13. The van der Waals surface area contributed by atoms with Gasteiger partial charge in [0.2, 0.25) is 11.8 Å². The Morgan fingerprint density at radius 2 is 1.86 bits per heavy atom. The molecule has 1 atom stereocenters. The fourth-order valence-electron chi connectivity index (χ4n) is 7.01. The third kappa shape index (κ3) is 3.40. The topological polar surface area (TPSA) is 49.4 Å². The average Bonchev–Trinajstić information content (AvgIpc) is 3.12. The minimum atomic E-state index is 0.0600. The van der Waals surface area contributed by atoms with Crippen LogP contribution in [0.15, 0.2) is 11.4 Å². The van der Waals surface area contributed by atoms with Crippen LogP contribution in [-0.2, 0) is 22.6 Å². The molecule has 1 aromatic rings. The van der Waals surface area contributed by atoms with E-state index >= 15 is 0 Å². The molecule has 4 nitrogen and oxygen atoms in total. The first kappa shape index (κ1) is 18.7. The maximum atomic E-state index is 12.6. The molecule has 0 saturated heterocycles. The van der Waals surface area contributed by atoms with E-state index in [0.29, 0.717) is 24.8 Å². The molecular formula is C23H32N2O2S. The first-order valence-corrected chi connectivity index (χ1v) is 12.0. The summed E-state index contributed by atoms with van der Waals surface area (Å²) in [5.41, 5.74) is 1.61. The predicted molar refractivity (Wildman–Crippen MR) is 111 cm³/mol. The van der Waals surface area contributed by atoms with Crippen molar-refractivity contribution in [3.05, 3.63) is 21.9 Å². The van der Waals surface area contributed by atoms with E-state index in [1.54, 1.807) is 11.3 Å². The summed E-state index contributed by atoms with van der Waals surface area (Å²) in [6, 6.07) is 2.37. The quantitative estimate of drug-likeness (QED) is 0.808. The molecule has 4 fully saturated rings. The summed E-state index contributed by atoms with van der Waals surface area (Å²) in [4.78, 5) is 28.5. The van der Waals surface area contributed by atoms with Gasteiger partial charge in [-0.1, -0.05) is 0 Å². The summed E-state index contributed by atoms with van der Waals surface area (Å²) >= 11 is 1.79. The molecule has 152 valence electrons. The minimum absolute atomic E-state index is 0.0600. The number of nitrogens with one attached hydrogen (secondary N) is 1. The number of carbonyl (C=O) groups excluding carboxylic acids is 2. The Bertz CT molecular complexity index is 735. The van der Waals surface area contributed by atoms with Crippen LogP contribution in [0, 0.1) is 23.2 Å². The number of thiophene rings is 1. The molecule has 1 unspecified atom stereocenters. The van der Waals surface area contributed by atoms with Crippen molar-refractivity contribution in [2.45, 2.75) is 77.3 Å². The van der Waals surface area contributed by atoms with E-state index in [1.165, 1.54) is 49.0 Å². The van der Waals surface area contributed by atoms with Gasteiger partial charge in [-0.2, -0.15) is 0 Å². The molecule has 4 bridgehead atoms. The molecule has 1 aliphatic heterocycles. The summed E-state index contributed by atoms with van der Waals surface area (Å²) in [7, 11) is 0. The highest BCUT2D eigenvalue weighted by Gasteiger charge is 2.53. The monoisotopic (exact) mass is 400 g/mol. The van der Waals surface area contributed by atoms with Crippen LogP contribution >= 0.6 is 11.3 Å². The fraction of sp³-hybridized carbons (Fsp3) is 0.739. The molecule has 0 radical (unpaired) electrons. The first-order valence-electron chi connectivity index (χ1n) is 11.1. The summed E-state index contributed by atoms with van der Waals surface area (Å²) in [6.45, 7) is 3.72. The Kier molecular flexibility index (Phi) is 4.77. The number of hydrogen-bond donors (Lipinski definition) is 1. The van der Waals surface area contributed by atoms with Gasteiger partial charge in [0.25, 0.3) is 0 Å². The second kappa shape index (κ2) is 7.16. The molecule has 28 heavy (non-hydrogen) atoms. The Hall–Kier alpha value is -1.36. The van der Waals surface area contributed by atoms with Crippen LogP contribution in [0.5, 0.6) is 0 Å². The van der Waals surface area contributed by atoms with Crippen molar-refractivity contribution in [2.24, 2.45) is 23.2 Å². The Morgan fingerprint density at radius 1 is 1.18 bits per heavy atom. The zero-order chi connectivity index (χ0) is 19.3. The van der Waals surface area contributed by atoms with Gasteiger partial charge >= 0.3 is 0 Å². The molecule has 5 heteroatoms. The highest BCUT2D eigenvalue weighted by molar-refractivity contribution is 7.10. The molecule has 0 aromatic carbocycles. The lowest BCUT2D eigenvalue weighted by molar-refractivity contribution is -0.135. The van der Waals surface area contributed by atoms with Crippen molar-refractivity contribution in [1.29, 1.82) is 0 Å². The van der Waals surface area contributed by atoms with Crippen molar-refractivity contribution in [3.63, 3.8) is 0 Å². The van der Waals surface area contributed by atoms with Crippen LogP contribution in [0.25, 0.3) is 0 Å². The van der Waals surface area contributed by atoms with Gasteiger partial charge in [-0.25, -0.2) is 0 Å². The number of rotatable bonds is 5. The summed E-state index contributed by atoms with van der Waals surface area (Å²) in [5, 5.41) is 5.41. The van der Waals surface area contributed by atoms with E-state index in [2.05, 4.69) is 23.7 Å². The first-order chi connectivity index (χ1) is 13.5. The number of amides is 2. The predicted octanol–water partition coefficient (Wildman–Crippen LogP) is 4.13. The largest absolute Gasteiger partial charge is 0.353 e. The van der Waals surface area contributed by atoms with Crippen LogP contribution in [0.1, 0.15) is 68.7 Å². The lowest BCUT2D eigenvalue weighted by Gasteiger charge is -2.59. The van der Waals surface area contributed by atoms with E-state index < -0.39 is 0 Å². The van der Waals surface area contributed by atoms with Crippen molar-refractivity contribution >= 4 is 23.2 Å². The smallest absolute Gasteiger partial charge is 0.223 e. The van der Waals surface area contributed by atoms with Crippen LogP contribution in [0.3, 0.4) is 0 Å². The number of fused-ring (bicyclic) bond motifs is 1. The van der Waals surface area contributed by atoms with Crippen molar-refractivity contribution in [2.75, 3.05) is 6.54 Å². The van der Waals surface area contributed by atoms with Crippen LogP contribution in [0.4, 0.5) is 0 Å². The van der Waals surface area contributed by atoms with Crippen molar-refractivity contribution in [1.82, 2.24) is 10.2 Å². The van der Waals surface area contributed by atoms with Gasteiger partial charge in [0.15, 0.2) is 0 Å². The molecule has 1 N–H and O–H groups in total. The number of hydrogen-bond acceptors (Lipinski definition) is 3. The average molecular weight is 401 g/mol. The lowest BCUT2D eigenvalue weighted by Crippen LogP contribution is -2.55. The molecule has 1 aromatic heterocycles. The molecular weight excluding hydrogens is 368 g/mol. The molecule has 2 heterocycles. The Morgan fingerprint density at radius 3 is 2.54 bits per heavy atom. The summed E-state index contributed by atoms with van der Waals surface area (Å²) in [5.74, 6) is 2.87. The third-order valence-electron chi connectivity index (χ3n) is 8.11. The molecule has 0 spiro atoms. The van der Waals surface area contributed by atoms with Gasteiger partial charge in [0.1, 0.15) is 0 Å². The minimum Gasteiger partial charge on any atom is -0.353 e. The summed E-state index contributed by atoms with van der Waals surface area (Å²) in [6.07, 6.45) is 9.79. The van der Waals surface area contributed by atoms with Crippen LogP contribution in [0.2, 0.25) is 0 Å². The van der Waals surface area contributed by atoms with Gasteiger partial charge in [-0.05, 0) is 92.0 Å². The molecule has 4 saturated carbocycles. The van der Waals surface area contributed by atoms with Gasteiger partial charge in [0, 0.05) is 36.9 Å². The van der Waals surface area contributed by atoms with E-state index in [4.69, 9.17) is 0 Å². The van der Waals surface area contributed by atoms with Crippen LogP contribution < -0.4 is 5.32 Å². The SMILES string of the molecule is CC(NC(=O)CCC(=O)N1CCc2sccc2C1)C12CC3CC(CC(C3)C1)C2. The molecule has 4 aliphatic carbocycles. The fourth-order valence-corrected chi connectivity index (χ4v) is 7.90. The number of carbonyl (C=O) groups is 2. The zero-order valence-electron chi connectivity index (χ0n) is 16.9. The van der Waals surface area contributed by atoms with E-state index in [-0.39, 0.29) is 17.9 Å². The highest BCUT2D eigenvalue weighted by Crippen LogP contribution is 2.61. The maximum Gasteiger partial charge on any atom is 0.223 e. The van der Waals surface area contributed by atoms with E-state index in [1.807, 2.05) is 4.90 Å². The number of nitrogens with zero attached hydrogens (tertiary/aromatic N) is 1. The van der Waals surface area contributed by atoms with Gasteiger partial charge in [-0.15, -0.1) is 11.3 Å². The second-order valence-corrected chi connectivity index (χ2v) is 11.0. The van der Waals surface area contributed by atoms with Gasteiger partial charge in [-0.3, -0.25) is 9.59 Å². The van der Waals surface area contributed by atoms with E-state index in [9.17, 15) is 9.59 Å². The molecule has 2 amide bonds. The maximum absolute atomic E-state index is 12.6. The van der Waals surface area contributed by atoms with Crippen molar-refractivity contribution in [3.8, 4) is 0 Å². The Balaban J connectivity index is 1.12. The van der Waals surface area contributed by atoms with E-state index in [0.717, 1.165) is 30.7 Å². The van der Waals surface area contributed by atoms with Crippen LogP contribution in [-0.4, -0.2) is 29.3 Å². The van der Waals surface area contributed by atoms with Crippen molar-refractivity contribution < 1.29 is 9.59 Å². The molecule has 5 aliphatic rings. The highest BCUT2D eigenvalue weighted by atomic mass is 32.1. The molecule has 6 rings (SSSR count). The lowest BCUT2D eigenvalue weighted by atomic mass is 9.48. The van der Waals surface area contributed by atoms with Gasteiger partial charge in [0.05, 0.1) is 0 Å². The summed E-state index contributed by atoms with van der Waals surface area (Å²) < 4.78 is 0. The van der Waals surface area contributed by atoms with Gasteiger partial charge < -0.3 is 10.2 Å².